The van der Waals surface area contributed by atoms with Gasteiger partial charge in [0.25, 0.3) is 0 Å². The van der Waals surface area contributed by atoms with Crippen molar-refractivity contribution in [3.8, 4) is 0 Å². The summed E-state index contributed by atoms with van der Waals surface area (Å²) >= 11 is 17.4. The van der Waals surface area contributed by atoms with Crippen LogP contribution in [0.4, 0.5) is 5.82 Å². The average Bonchev–Trinajstić information content (AvgIpc) is 2.21. The Balaban J connectivity index is 2.73. The Morgan fingerprint density at radius 3 is 2.67 bits per heavy atom. The predicted octanol–water partition coefficient (Wildman–Crippen LogP) is 3.08. The Kier molecular flexibility index (Phi) is 4.93. The topological polar surface area (TPSA) is 45.1 Å². The van der Waals surface area contributed by atoms with Gasteiger partial charge in [0.1, 0.15) is 11.0 Å². The van der Waals surface area contributed by atoms with Crippen molar-refractivity contribution < 1.29 is 5.11 Å². The van der Waals surface area contributed by atoms with Gasteiger partial charge in [0.2, 0.25) is 0 Å². The summed E-state index contributed by atoms with van der Waals surface area (Å²) in [7, 11) is 0. The number of rotatable bonds is 4. The van der Waals surface area contributed by atoms with Crippen molar-refractivity contribution in [3.63, 3.8) is 0 Å². The molecule has 1 heterocycles. The van der Waals surface area contributed by atoms with Gasteiger partial charge in [0.05, 0.1) is 10.0 Å². The van der Waals surface area contributed by atoms with E-state index in [0.29, 0.717) is 22.4 Å². The molecule has 1 aromatic heterocycles. The summed E-state index contributed by atoms with van der Waals surface area (Å²) in [6, 6.07) is 1.53. The number of anilines is 1. The van der Waals surface area contributed by atoms with Crippen molar-refractivity contribution in [2.24, 2.45) is 5.92 Å². The smallest absolute Gasteiger partial charge is 0.150 e. The lowest BCUT2D eigenvalue weighted by molar-refractivity contribution is 0.244. The second-order valence-electron chi connectivity index (χ2n) is 3.26. The number of aliphatic hydroxyl groups is 1. The van der Waals surface area contributed by atoms with Crippen molar-refractivity contribution in [1.29, 1.82) is 0 Å². The molecule has 3 nitrogen and oxygen atoms in total. The Hall–Kier alpha value is -0.220. The number of nitrogens with one attached hydrogen (secondary N) is 1. The van der Waals surface area contributed by atoms with Crippen LogP contribution in [0.5, 0.6) is 0 Å². The second-order valence-corrected chi connectivity index (χ2v) is 4.43. The Morgan fingerprint density at radius 2 is 2.07 bits per heavy atom. The van der Waals surface area contributed by atoms with Gasteiger partial charge in [-0.2, -0.15) is 0 Å². The third-order valence-electron chi connectivity index (χ3n) is 1.82. The molecule has 84 valence electrons. The molecule has 0 bridgehead atoms. The minimum Gasteiger partial charge on any atom is -0.396 e. The zero-order valence-corrected chi connectivity index (χ0v) is 10.4. The fourth-order valence-corrected chi connectivity index (χ4v) is 1.47. The Morgan fingerprint density at radius 1 is 1.40 bits per heavy atom. The van der Waals surface area contributed by atoms with Crippen LogP contribution < -0.4 is 5.32 Å². The van der Waals surface area contributed by atoms with E-state index in [9.17, 15) is 0 Å². The van der Waals surface area contributed by atoms with Crippen molar-refractivity contribution >= 4 is 40.6 Å². The number of nitrogens with zero attached hydrogens (tertiary/aromatic N) is 1. The summed E-state index contributed by atoms with van der Waals surface area (Å²) in [6.45, 7) is 2.57. The summed E-state index contributed by atoms with van der Waals surface area (Å²) in [5.74, 6) is 0.601. The second kappa shape index (κ2) is 5.75. The third-order valence-corrected chi connectivity index (χ3v) is 2.78. The molecule has 15 heavy (non-hydrogen) atoms. The van der Waals surface area contributed by atoms with Gasteiger partial charge in [-0.05, 0) is 12.0 Å². The van der Waals surface area contributed by atoms with Crippen molar-refractivity contribution in [2.45, 2.75) is 6.92 Å². The van der Waals surface area contributed by atoms with E-state index in [4.69, 9.17) is 39.9 Å². The number of hydrogen-bond acceptors (Lipinski definition) is 3. The summed E-state index contributed by atoms with van der Waals surface area (Å²) in [6.07, 6.45) is 0. The van der Waals surface area contributed by atoms with Crippen LogP contribution >= 0.6 is 34.8 Å². The van der Waals surface area contributed by atoms with E-state index < -0.39 is 0 Å². The van der Waals surface area contributed by atoms with Crippen LogP contribution in [0.1, 0.15) is 6.92 Å². The van der Waals surface area contributed by atoms with Crippen molar-refractivity contribution in [3.05, 3.63) is 21.3 Å². The van der Waals surface area contributed by atoms with E-state index in [0.717, 1.165) is 0 Å². The van der Waals surface area contributed by atoms with Gasteiger partial charge in [-0.1, -0.05) is 41.7 Å². The fourth-order valence-electron chi connectivity index (χ4n) is 0.904. The first kappa shape index (κ1) is 12.8. The third kappa shape index (κ3) is 3.68. The zero-order chi connectivity index (χ0) is 11.4. The lowest BCUT2D eigenvalue weighted by Crippen LogP contribution is -2.15. The molecule has 1 unspecified atom stereocenters. The average molecular weight is 270 g/mol. The monoisotopic (exact) mass is 268 g/mol. The normalized spacial score (nSPS) is 12.6. The first-order valence-corrected chi connectivity index (χ1v) is 5.54. The van der Waals surface area contributed by atoms with E-state index in [2.05, 4.69) is 10.3 Å². The van der Waals surface area contributed by atoms with E-state index in [1.54, 1.807) is 0 Å². The summed E-state index contributed by atoms with van der Waals surface area (Å²) < 4.78 is 0. The van der Waals surface area contributed by atoms with Crippen LogP contribution in [0.15, 0.2) is 6.07 Å². The number of halogens is 3. The number of hydrogen-bond donors (Lipinski definition) is 2. The van der Waals surface area contributed by atoms with Gasteiger partial charge in [-0.3, -0.25) is 0 Å². The van der Waals surface area contributed by atoms with Gasteiger partial charge in [0, 0.05) is 13.2 Å². The van der Waals surface area contributed by atoms with Crippen molar-refractivity contribution in [1.82, 2.24) is 4.98 Å². The molecule has 0 amide bonds. The lowest BCUT2D eigenvalue weighted by atomic mass is 10.2. The largest absolute Gasteiger partial charge is 0.396 e. The first-order valence-electron chi connectivity index (χ1n) is 4.41. The van der Waals surface area contributed by atoms with Gasteiger partial charge in [0.15, 0.2) is 0 Å². The van der Waals surface area contributed by atoms with Gasteiger partial charge in [-0.15, -0.1) is 0 Å². The molecule has 0 saturated carbocycles. The Labute approximate surface area is 103 Å². The molecule has 0 aliphatic rings. The molecule has 0 aromatic carbocycles. The highest BCUT2D eigenvalue weighted by Gasteiger charge is 2.08. The van der Waals surface area contributed by atoms with Crippen LogP contribution in [-0.2, 0) is 0 Å². The predicted molar refractivity (Wildman–Crippen MR) is 64.0 cm³/mol. The number of pyridine rings is 1. The lowest BCUT2D eigenvalue weighted by Gasteiger charge is -2.11. The van der Waals surface area contributed by atoms with Gasteiger partial charge >= 0.3 is 0 Å². The van der Waals surface area contributed by atoms with E-state index in [1.165, 1.54) is 6.07 Å². The molecule has 0 aliphatic carbocycles. The van der Waals surface area contributed by atoms with Crippen LogP contribution in [0, 0.1) is 5.92 Å². The van der Waals surface area contributed by atoms with Crippen LogP contribution in [0.2, 0.25) is 15.2 Å². The highest BCUT2D eigenvalue weighted by atomic mass is 35.5. The van der Waals surface area contributed by atoms with Crippen molar-refractivity contribution in [2.75, 3.05) is 18.5 Å². The van der Waals surface area contributed by atoms with Crippen LogP contribution in [0.25, 0.3) is 0 Å². The Bertz CT molecular complexity index is 346. The number of aromatic nitrogens is 1. The molecular formula is C9H11Cl3N2O. The fraction of sp³-hybridized carbons (Fsp3) is 0.444. The molecule has 1 atom stereocenters. The minimum absolute atomic E-state index is 0.103. The summed E-state index contributed by atoms with van der Waals surface area (Å²) in [5, 5.41) is 12.8. The molecule has 0 saturated heterocycles. The van der Waals surface area contributed by atoms with E-state index in [-0.39, 0.29) is 17.7 Å². The SMILES string of the molecule is CC(CO)CNc1nc(Cl)c(Cl)cc1Cl. The molecule has 0 fully saturated rings. The molecule has 1 aromatic rings. The maximum atomic E-state index is 8.84. The zero-order valence-electron chi connectivity index (χ0n) is 8.10. The van der Waals surface area contributed by atoms with Crippen LogP contribution in [0.3, 0.4) is 0 Å². The molecule has 0 spiro atoms. The molecule has 2 N–H and O–H groups in total. The molecule has 1 rings (SSSR count). The van der Waals surface area contributed by atoms with Crippen LogP contribution in [-0.4, -0.2) is 23.2 Å². The van der Waals surface area contributed by atoms with E-state index in [1.807, 2.05) is 6.92 Å². The maximum absolute atomic E-state index is 8.84. The molecule has 0 radical (unpaired) electrons. The van der Waals surface area contributed by atoms with Gasteiger partial charge < -0.3 is 10.4 Å². The highest BCUT2D eigenvalue weighted by Crippen LogP contribution is 2.28. The first-order chi connectivity index (χ1) is 7.04. The molecule has 0 aliphatic heterocycles. The summed E-state index contributed by atoms with van der Waals surface area (Å²) in [5.41, 5.74) is 0. The molecular weight excluding hydrogens is 258 g/mol. The maximum Gasteiger partial charge on any atom is 0.150 e. The highest BCUT2D eigenvalue weighted by molar-refractivity contribution is 6.42. The van der Waals surface area contributed by atoms with Gasteiger partial charge in [-0.25, -0.2) is 4.98 Å². The quantitative estimate of drug-likeness (QED) is 0.826. The number of aliphatic hydroxyl groups excluding tert-OH is 1. The van der Waals surface area contributed by atoms with E-state index >= 15 is 0 Å². The standard InChI is InChI=1S/C9H11Cl3N2O/c1-5(4-15)3-13-9-7(11)2-6(10)8(12)14-9/h2,5,15H,3-4H2,1H3,(H,13,14). The summed E-state index contributed by atoms with van der Waals surface area (Å²) in [4.78, 5) is 3.99. The molecule has 6 heteroatoms. The minimum atomic E-state index is 0.103.